The van der Waals surface area contributed by atoms with Gasteiger partial charge in [-0.3, -0.25) is 4.79 Å². The van der Waals surface area contributed by atoms with Crippen LogP contribution in [0.2, 0.25) is 0 Å². The Morgan fingerprint density at radius 1 is 1.53 bits per heavy atom. The molecule has 0 unspecified atom stereocenters. The van der Waals surface area contributed by atoms with E-state index < -0.39 is 5.82 Å². The van der Waals surface area contributed by atoms with Crippen LogP contribution in [-0.4, -0.2) is 26.0 Å². The van der Waals surface area contributed by atoms with Gasteiger partial charge in [0.1, 0.15) is 5.82 Å². The molecule has 0 aliphatic carbocycles. The van der Waals surface area contributed by atoms with E-state index in [4.69, 9.17) is 0 Å². The normalized spacial score (nSPS) is 10.5. The Labute approximate surface area is 105 Å². The molecule has 1 aromatic carbocycles. The third-order valence-electron chi connectivity index (χ3n) is 2.10. The number of hydrogen-bond donors (Lipinski definition) is 0. The van der Waals surface area contributed by atoms with Crippen LogP contribution in [0.25, 0.3) is 0 Å². The van der Waals surface area contributed by atoms with Crippen molar-refractivity contribution >= 4 is 21.7 Å². The summed E-state index contributed by atoms with van der Waals surface area (Å²) in [6, 6.07) is 3.91. The number of nitrogens with zero attached hydrogens (tertiary/aromatic N) is 4. The molecular weight excluding hydrogens is 291 g/mol. The first-order chi connectivity index (χ1) is 8.06. The summed E-state index contributed by atoms with van der Waals surface area (Å²) in [5, 5.41) is 11.3. The van der Waals surface area contributed by atoms with Gasteiger partial charge in [-0.1, -0.05) is 0 Å². The molecule has 1 aromatic heterocycles. The molecule has 0 aliphatic heterocycles. The number of aryl methyl sites for hydroxylation is 1. The molecule has 0 saturated carbocycles. The largest absolute Gasteiger partial charge is 0.294 e. The monoisotopic (exact) mass is 298 g/mol. The van der Waals surface area contributed by atoms with Crippen LogP contribution in [-0.2, 0) is 13.5 Å². The number of halogens is 2. The molecule has 0 N–H and O–H groups in total. The van der Waals surface area contributed by atoms with Gasteiger partial charge in [0.05, 0.1) is 13.5 Å². The molecule has 0 radical (unpaired) electrons. The van der Waals surface area contributed by atoms with Gasteiger partial charge < -0.3 is 0 Å². The van der Waals surface area contributed by atoms with E-state index in [1.807, 2.05) is 0 Å². The Morgan fingerprint density at radius 2 is 2.29 bits per heavy atom. The van der Waals surface area contributed by atoms with Gasteiger partial charge in [0, 0.05) is 10.0 Å². The zero-order valence-corrected chi connectivity index (χ0v) is 10.5. The lowest BCUT2D eigenvalue weighted by Gasteiger charge is -2.01. The van der Waals surface area contributed by atoms with Crippen molar-refractivity contribution in [2.24, 2.45) is 7.05 Å². The van der Waals surface area contributed by atoms with E-state index in [-0.39, 0.29) is 12.2 Å². The van der Waals surface area contributed by atoms with Crippen molar-refractivity contribution in [1.29, 1.82) is 0 Å². The number of aromatic nitrogens is 4. The van der Waals surface area contributed by atoms with Gasteiger partial charge in [-0.25, -0.2) is 4.39 Å². The topological polar surface area (TPSA) is 60.7 Å². The zero-order chi connectivity index (χ0) is 12.4. The highest BCUT2D eigenvalue weighted by molar-refractivity contribution is 9.10. The summed E-state index contributed by atoms with van der Waals surface area (Å²) in [6.45, 7) is 0. The second kappa shape index (κ2) is 4.70. The summed E-state index contributed by atoms with van der Waals surface area (Å²) < 4.78 is 13.3. The Balaban J connectivity index is 2.20. The van der Waals surface area contributed by atoms with Gasteiger partial charge in [-0.2, -0.15) is 4.80 Å². The molecule has 0 amide bonds. The van der Waals surface area contributed by atoms with Crippen LogP contribution in [0.3, 0.4) is 0 Å². The van der Waals surface area contributed by atoms with E-state index in [0.29, 0.717) is 15.9 Å². The first-order valence-electron chi connectivity index (χ1n) is 4.77. The van der Waals surface area contributed by atoms with Gasteiger partial charge in [0.25, 0.3) is 0 Å². The minimum Gasteiger partial charge on any atom is -0.294 e. The number of ketones is 1. The number of benzene rings is 1. The van der Waals surface area contributed by atoms with Crippen molar-refractivity contribution < 1.29 is 9.18 Å². The Bertz CT molecular complexity index is 569. The number of rotatable bonds is 3. The molecule has 0 bridgehead atoms. The van der Waals surface area contributed by atoms with Crippen molar-refractivity contribution in [2.75, 3.05) is 0 Å². The lowest BCUT2D eigenvalue weighted by atomic mass is 10.1. The van der Waals surface area contributed by atoms with E-state index in [1.54, 1.807) is 7.05 Å². The standard InChI is InChI=1S/C10H8BrFN4O/c1-16-14-10(13-15-16)5-9(17)7-3-2-6(12)4-8(7)11/h2-4H,5H2,1H3. The summed E-state index contributed by atoms with van der Waals surface area (Å²) in [4.78, 5) is 13.2. The number of hydrogen-bond acceptors (Lipinski definition) is 4. The average molecular weight is 299 g/mol. The average Bonchev–Trinajstić information content (AvgIpc) is 2.63. The van der Waals surface area contributed by atoms with Gasteiger partial charge in [0.15, 0.2) is 11.6 Å². The lowest BCUT2D eigenvalue weighted by Crippen LogP contribution is -2.06. The van der Waals surface area contributed by atoms with Crippen LogP contribution in [0.15, 0.2) is 22.7 Å². The predicted octanol–water partition coefficient (Wildman–Crippen LogP) is 1.54. The van der Waals surface area contributed by atoms with Crippen molar-refractivity contribution in [1.82, 2.24) is 20.2 Å². The SMILES string of the molecule is Cn1nnc(CC(=O)c2ccc(F)cc2Br)n1. The van der Waals surface area contributed by atoms with Crippen LogP contribution in [0.5, 0.6) is 0 Å². The molecule has 17 heavy (non-hydrogen) atoms. The van der Waals surface area contributed by atoms with Crippen molar-refractivity contribution in [2.45, 2.75) is 6.42 Å². The minimum atomic E-state index is -0.397. The van der Waals surface area contributed by atoms with E-state index in [0.717, 1.165) is 0 Å². The fraction of sp³-hybridized carbons (Fsp3) is 0.200. The molecule has 0 spiro atoms. The molecule has 2 aromatic rings. The van der Waals surface area contributed by atoms with E-state index >= 15 is 0 Å². The molecule has 88 valence electrons. The summed E-state index contributed by atoms with van der Waals surface area (Å²) in [5.74, 6) is -0.246. The van der Waals surface area contributed by atoms with Crippen LogP contribution >= 0.6 is 15.9 Å². The Hall–Kier alpha value is -1.63. The van der Waals surface area contributed by atoms with Gasteiger partial charge in [-0.15, -0.1) is 10.2 Å². The molecule has 1 heterocycles. The summed E-state index contributed by atoms with van der Waals surface area (Å²) in [7, 11) is 1.62. The molecule has 0 atom stereocenters. The summed E-state index contributed by atoms with van der Waals surface area (Å²) in [6.07, 6.45) is 0.0398. The van der Waals surface area contributed by atoms with Crippen LogP contribution in [0.4, 0.5) is 4.39 Å². The third-order valence-corrected chi connectivity index (χ3v) is 2.76. The van der Waals surface area contributed by atoms with E-state index in [1.165, 1.54) is 23.0 Å². The quantitative estimate of drug-likeness (QED) is 0.807. The maximum Gasteiger partial charge on any atom is 0.182 e. The number of carbonyl (C=O) groups is 1. The molecule has 0 aliphatic rings. The van der Waals surface area contributed by atoms with Crippen LogP contribution in [0.1, 0.15) is 16.2 Å². The van der Waals surface area contributed by atoms with Gasteiger partial charge in [-0.05, 0) is 39.3 Å². The van der Waals surface area contributed by atoms with Crippen molar-refractivity contribution in [3.05, 3.63) is 39.9 Å². The number of carbonyl (C=O) groups excluding carboxylic acids is 1. The second-order valence-corrected chi connectivity index (χ2v) is 4.27. The van der Waals surface area contributed by atoms with Crippen molar-refractivity contribution in [3.8, 4) is 0 Å². The molecular formula is C10H8BrFN4O. The van der Waals surface area contributed by atoms with E-state index in [9.17, 15) is 9.18 Å². The smallest absolute Gasteiger partial charge is 0.182 e. The van der Waals surface area contributed by atoms with E-state index in [2.05, 4.69) is 31.3 Å². The molecule has 7 heteroatoms. The van der Waals surface area contributed by atoms with Gasteiger partial charge in [0.2, 0.25) is 0 Å². The zero-order valence-electron chi connectivity index (χ0n) is 8.89. The number of Topliss-reactive ketones (excluding diaryl/α,β-unsaturated/α-hetero) is 1. The fourth-order valence-corrected chi connectivity index (χ4v) is 1.92. The Morgan fingerprint density at radius 3 is 2.88 bits per heavy atom. The predicted molar refractivity (Wildman–Crippen MR) is 60.9 cm³/mol. The highest BCUT2D eigenvalue weighted by Gasteiger charge is 2.14. The van der Waals surface area contributed by atoms with Crippen LogP contribution in [0, 0.1) is 5.82 Å². The van der Waals surface area contributed by atoms with Crippen molar-refractivity contribution in [3.63, 3.8) is 0 Å². The number of tetrazole rings is 1. The fourth-order valence-electron chi connectivity index (χ4n) is 1.35. The third kappa shape index (κ3) is 2.73. The Kier molecular flexibility index (Phi) is 3.28. The van der Waals surface area contributed by atoms with Crippen LogP contribution < -0.4 is 0 Å². The summed E-state index contributed by atoms with van der Waals surface area (Å²) in [5.41, 5.74) is 0.402. The van der Waals surface area contributed by atoms with Gasteiger partial charge >= 0.3 is 0 Å². The molecule has 5 nitrogen and oxygen atoms in total. The minimum absolute atomic E-state index is 0.0398. The maximum atomic E-state index is 12.9. The summed E-state index contributed by atoms with van der Waals surface area (Å²) >= 11 is 3.14. The first kappa shape index (κ1) is 11.8. The molecule has 0 saturated heterocycles. The second-order valence-electron chi connectivity index (χ2n) is 3.42. The molecule has 0 fully saturated rings. The lowest BCUT2D eigenvalue weighted by molar-refractivity contribution is 0.0990. The molecule has 2 rings (SSSR count). The maximum absolute atomic E-state index is 12.9. The highest BCUT2D eigenvalue weighted by Crippen LogP contribution is 2.19. The highest BCUT2D eigenvalue weighted by atomic mass is 79.9. The first-order valence-corrected chi connectivity index (χ1v) is 5.56.